The maximum Gasteiger partial charge on any atom is 0.472 e. The summed E-state index contributed by atoms with van der Waals surface area (Å²) in [6.45, 7) is 9.43. The second-order valence-corrected chi connectivity index (χ2v) is 28.9. The lowest BCUT2D eigenvalue weighted by molar-refractivity contribution is -0.161. The van der Waals surface area contributed by atoms with Gasteiger partial charge in [-0.1, -0.05) is 291 Å². The third-order valence-electron chi connectivity index (χ3n) is 16.4. The molecule has 0 fully saturated rings. The molecule has 0 aliphatic rings. The van der Waals surface area contributed by atoms with Crippen molar-refractivity contribution >= 4 is 39.5 Å². The monoisotopic (exact) mass is 1330 g/mol. The van der Waals surface area contributed by atoms with Gasteiger partial charge in [0.05, 0.1) is 26.4 Å². The van der Waals surface area contributed by atoms with Crippen LogP contribution in [0, 0.1) is 11.8 Å². The van der Waals surface area contributed by atoms with Crippen LogP contribution in [0.25, 0.3) is 0 Å². The van der Waals surface area contributed by atoms with Gasteiger partial charge >= 0.3 is 39.5 Å². The standard InChI is InChI=1S/C72H136O17P2/c1-7-10-12-14-16-18-20-22-24-26-28-32-36-44-50-56-71(76)88-67(60-82-69(74)54-48-42-35-31-27-25-23-21-19-17-15-13-11-8-2)62-86-90(78,79)84-58-66(73)59-85-91(80,81)87-63-68(61-83-70(75)55-49-43-39-38-41-47-53-65(6)9-3)89-72(77)57-51-45-37-33-29-30-34-40-46-52-64(4)5/h18,20,22,24,64-68,73H,7-17,19,21,23,25-63H2,1-6H3,(H,78,79)(H,80,81)/b20-18-,24-22-/t65?,66-,67-,68-/m1/s1. The lowest BCUT2D eigenvalue weighted by atomic mass is 10.00. The van der Waals surface area contributed by atoms with E-state index in [1.54, 1.807) is 0 Å². The van der Waals surface area contributed by atoms with Crippen molar-refractivity contribution in [3.8, 4) is 0 Å². The minimum Gasteiger partial charge on any atom is -0.462 e. The summed E-state index contributed by atoms with van der Waals surface area (Å²) in [4.78, 5) is 72.6. The van der Waals surface area contributed by atoms with E-state index >= 15 is 0 Å². The lowest BCUT2D eigenvalue weighted by Gasteiger charge is -2.21. The molecule has 0 aliphatic carbocycles. The molecule has 0 amide bonds. The molecule has 0 heterocycles. The predicted octanol–water partition coefficient (Wildman–Crippen LogP) is 20.3. The molecule has 0 aromatic rings. The SMILES string of the molecule is CCCCCC/C=C\C=C/CCCCCCCC(=O)O[C@H](COC(=O)CCCCCCCCCCCCCCCC)COP(=O)(O)OC[C@@H](O)COP(=O)(O)OC[C@@H](COC(=O)CCCCCCCCC(C)CC)OC(=O)CCCCCCCCCCCC(C)C. The molecule has 0 rings (SSSR count). The van der Waals surface area contributed by atoms with Gasteiger partial charge < -0.3 is 33.8 Å². The van der Waals surface area contributed by atoms with E-state index in [-0.39, 0.29) is 25.7 Å². The summed E-state index contributed by atoms with van der Waals surface area (Å²) in [7, 11) is -9.92. The van der Waals surface area contributed by atoms with Gasteiger partial charge in [0.15, 0.2) is 12.2 Å². The van der Waals surface area contributed by atoms with Crippen molar-refractivity contribution in [1.29, 1.82) is 0 Å². The zero-order valence-corrected chi connectivity index (χ0v) is 60.4. The fourth-order valence-electron chi connectivity index (χ4n) is 10.4. The van der Waals surface area contributed by atoms with E-state index in [2.05, 4.69) is 65.8 Å². The molecule has 0 aromatic carbocycles. The molecule has 6 atom stereocenters. The molecule has 0 bridgehead atoms. The average molecular weight is 1340 g/mol. The van der Waals surface area contributed by atoms with Crippen LogP contribution in [-0.4, -0.2) is 96.7 Å². The van der Waals surface area contributed by atoms with Gasteiger partial charge in [0.2, 0.25) is 0 Å². The number of carbonyl (C=O) groups is 4. The highest BCUT2D eigenvalue weighted by molar-refractivity contribution is 7.47. The van der Waals surface area contributed by atoms with Gasteiger partial charge in [0.25, 0.3) is 0 Å². The van der Waals surface area contributed by atoms with Crippen LogP contribution in [0.4, 0.5) is 0 Å². The molecular formula is C72H136O17P2. The van der Waals surface area contributed by atoms with Crippen LogP contribution in [0.15, 0.2) is 24.3 Å². The van der Waals surface area contributed by atoms with Crippen LogP contribution < -0.4 is 0 Å². The Morgan fingerprint density at radius 2 is 0.648 bits per heavy atom. The summed E-state index contributed by atoms with van der Waals surface area (Å²) >= 11 is 0. The van der Waals surface area contributed by atoms with E-state index < -0.39 is 97.5 Å². The molecular weight excluding hydrogens is 1200 g/mol. The Morgan fingerprint density at radius 1 is 0.363 bits per heavy atom. The number of aliphatic hydroxyl groups excluding tert-OH is 1. The Balaban J connectivity index is 5.30. The Labute approximate surface area is 554 Å². The Kier molecular flexibility index (Phi) is 61.9. The first-order valence-electron chi connectivity index (χ1n) is 36.8. The first-order valence-corrected chi connectivity index (χ1v) is 39.8. The van der Waals surface area contributed by atoms with Crippen LogP contribution in [0.1, 0.15) is 343 Å². The third kappa shape index (κ3) is 64.6. The zero-order valence-electron chi connectivity index (χ0n) is 58.6. The van der Waals surface area contributed by atoms with E-state index in [1.165, 1.54) is 141 Å². The van der Waals surface area contributed by atoms with Crippen molar-refractivity contribution in [2.45, 2.75) is 362 Å². The average Bonchev–Trinajstić information content (AvgIpc) is 3.73. The summed E-state index contributed by atoms with van der Waals surface area (Å²) < 4.78 is 68.3. The molecule has 3 unspecified atom stereocenters. The largest absolute Gasteiger partial charge is 0.472 e. The summed E-state index contributed by atoms with van der Waals surface area (Å²) in [5.74, 6) is -0.689. The van der Waals surface area contributed by atoms with Crippen molar-refractivity contribution < 1.29 is 80.2 Å². The summed E-state index contributed by atoms with van der Waals surface area (Å²) in [6, 6.07) is 0. The van der Waals surface area contributed by atoms with E-state index in [4.69, 9.17) is 37.0 Å². The number of phosphoric ester groups is 2. The Bertz CT molecular complexity index is 1860. The first kappa shape index (κ1) is 88.5. The number of hydrogen-bond acceptors (Lipinski definition) is 15. The molecule has 17 nitrogen and oxygen atoms in total. The van der Waals surface area contributed by atoms with Gasteiger partial charge in [-0.05, 0) is 63.2 Å². The van der Waals surface area contributed by atoms with Crippen molar-refractivity contribution in [3.05, 3.63) is 24.3 Å². The smallest absolute Gasteiger partial charge is 0.462 e. The number of carbonyl (C=O) groups excluding carboxylic acids is 4. The van der Waals surface area contributed by atoms with E-state index in [1.807, 2.05) is 0 Å². The van der Waals surface area contributed by atoms with Gasteiger partial charge in [0.1, 0.15) is 19.3 Å². The second-order valence-electron chi connectivity index (χ2n) is 26.0. The Hall–Kier alpha value is -2.46. The number of rotatable bonds is 69. The lowest BCUT2D eigenvalue weighted by Crippen LogP contribution is -2.30. The van der Waals surface area contributed by atoms with Gasteiger partial charge in [-0.15, -0.1) is 0 Å². The highest BCUT2D eigenvalue weighted by atomic mass is 31.2. The minimum absolute atomic E-state index is 0.0851. The fourth-order valence-corrected chi connectivity index (χ4v) is 12.0. The first-order chi connectivity index (χ1) is 43.9. The van der Waals surface area contributed by atoms with Crippen molar-refractivity contribution in [1.82, 2.24) is 0 Å². The maximum atomic E-state index is 13.0. The highest BCUT2D eigenvalue weighted by Gasteiger charge is 2.30. The Morgan fingerprint density at radius 3 is 0.989 bits per heavy atom. The molecule has 0 aromatic heterocycles. The zero-order chi connectivity index (χ0) is 67.2. The maximum absolute atomic E-state index is 13.0. The molecule has 19 heteroatoms. The summed E-state index contributed by atoms with van der Waals surface area (Å²) in [5, 5.41) is 10.6. The number of ether oxygens (including phenoxy) is 4. The van der Waals surface area contributed by atoms with Crippen LogP contribution in [0.5, 0.6) is 0 Å². The molecule has 0 aliphatic heterocycles. The minimum atomic E-state index is -4.96. The quantitative estimate of drug-likeness (QED) is 0.0169. The number of esters is 4. The molecule has 91 heavy (non-hydrogen) atoms. The van der Waals surface area contributed by atoms with Crippen molar-refractivity contribution in [2.75, 3.05) is 39.6 Å². The van der Waals surface area contributed by atoms with E-state index in [0.717, 1.165) is 121 Å². The number of hydrogen-bond donors (Lipinski definition) is 3. The van der Waals surface area contributed by atoms with Crippen LogP contribution in [-0.2, 0) is 65.4 Å². The topological polar surface area (TPSA) is 237 Å². The number of unbranched alkanes of at least 4 members (excludes halogenated alkanes) is 35. The molecule has 3 N–H and O–H groups in total. The number of phosphoric acid groups is 2. The van der Waals surface area contributed by atoms with Crippen LogP contribution in [0.3, 0.4) is 0 Å². The summed E-state index contributed by atoms with van der Waals surface area (Å²) in [5.41, 5.74) is 0. The molecule has 0 radical (unpaired) electrons. The third-order valence-corrected chi connectivity index (χ3v) is 18.3. The second kappa shape index (κ2) is 63.6. The van der Waals surface area contributed by atoms with Gasteiger partial charge in [0, 0.05) is 25.7 Å². The number of aliphatic hydroxyl groups is 1. The van der Waals surface area contributed by atoms with Crippen molar-refractivity contribution in [3.63, 3.8) is 0 Å². The summed E-state index contributed by atoms with van der Waals surface area (Å²) in [6.07, 6.45) is 52.1. The van der Waals surface area contributed by atoms with E-state index in [0.29, 0.717) is 25.7 Å². The highest BCUT2D eigenvalue weighted by Crippen LogP contribution is 2.45. The van der Waals surface area contributed by atoms with Gasteiger partial charge in [-0.25, -0.2) is 9.13 Å². The van der Waals surface area contributed by atoms with E-state index in [9.17, 15) is 43.2 Å². The molecule has 536 valence electrons. The molecule has 0 saturated heterocycles. The normalized spacial score (nSPS) is 14.6. The molecule has 0 spiro atoms. The van der Waals surface area contributed by atoms with Gasteiger partial charge in [-0.3, -0.25) is 37.3 Å². The fraction of sp³-hybridized carbons (Fsp3) is 0.889. The van der Waals surface area contributed by atoms with Crippen LogP contribution >= 0.6 is 15.6 Å². The van der Waals surface area contributed by atoms with Gasteiger partial charge in [-0.2, -0.15) is 0 Å². The van der Waals surface area contributed by atoms with Crippen LogP contribution in [0.2, 0.25) is 0 Å². The predicted molar refractivity (Wildman–Crippen MR) is 367 cm³/mol. The number of allylic oxidation sites excluding steroid dienone is 4. The van der Waals surface area contributed by atoms with Crippen molar-refractivity contribution in [2.24, 2.45) is 11.8 Å². The molecule has 0 saturated carbocycles.